The van der Waals surface area contributed by atoms with Gasteiger partial charge in [0, 0.05) is 12.4 Å². The third kappa shape index (κ3) is 2.37. The summed E-state index contributed by atoms with van der Waals surface area (Å²) in [5.41, 5.74) is 0. The second-order valence-electron chi connectivity index (χ2n) is 1.41. The van der Waals surface area contributed by atoms with Crippen LogP contribution in [-0.4, -0.2) is 15.0 Å². The summed E-state index contributed by atoms with van der Waals surface area (Å²) in [7, 11) is 0. The highest BCUT2D eigenvalue weighted by molar-refractivity contribution is 6.43. The highest BCUT2D eigenvalue weighted by Gasteiger charge is 2.00. The SMILES string of the molecule is ClC(Cl)Oc1ncccn1. The van der Waals surface area contributed by atoms with Gasteiger partial charge in [-0.05, 0) is 6.07 Å². The molecule has 0 unspecified atom stereocenters. The quantitative estimate of drug-likeness (QED) is 0.647. The third-order valence-corrected chi connectivity index (χ3v) is 0.915. The maximum absolute atomic E-state index is 5.28. The Hall–Kier alpha value is -0.540. The monoisotopic (exact) mass is 178 g/mol. The molecule has 1 aromatic heterocycles. The number of rotatable bonds is 2. The Labute approximate surface area is 68.0 Å². The van der Waals surface area contributed by atoms with Crippen LogP contribution in [0, 0.1) is 0 Å². The van der Waals surface area contributed by atoms with Crippen LogP contribution in [0.15, 0.2) is 18.5 Å². The van der Waals surface area contributed by atoms with Crippen molar-refractivity contribution in [2.24, 2.45) is 0 Å². The first-order valence-electron chi connectivity index (χ1n) is 2.51. The summed E-state index contributed by atoms with van der Waals surface area (Å²) in [5, 5.41) is -0.914. The molecule has 0 amide bonds. The standard InChI is InChI=1S/C5H4Cl2N2O/c6-4(7)10-5-8-2-1-3-9-5/h1-4H. The van der Waals surface area contributed by atoms with Crippen molar-refractivity contribution in [3.8, 4) is 6.01 Å². The van der Waals surface area contributed by atoms with E-state index in [-0.39, 0.29) is 6.01 Å². The van der Waals surface area contributed by atoms with Gasteiger partial charge in [0.1, 0.15) is 0 Å². The Morgan fingerprint density at radius 3 is 2.40 bits per heavy atom. The zero-order valence-corrected chi connectivity index (χ0v) is 6.38. The normalized spacial score (nSPS) is 9.90. The molecule has 0 aliphatic carbocycles. The Bertz CT molecular complexity index is 192. The van der Waals surface area contributed by atoms with Crippen LogP contribution in [-0.2, 0) is 0 Å². The maximum Gasteiger partial charge on any atom is 0.318 e. The van der Waals surface area contributed by atoms with Crippen LogP contribution in [0.1, 0.15) is 0 Å². The van der Waals surface area contributed by atoms with E-state index in [0.717, 1.165) is 0 Å². The van der Waals surface area contributed by atoms with Crippen molar-refractivity contribution in [2.45, 2.75) is 5.02 Å². The first-order valence-corrected chi connectivity index (χ1v) is 3.38. The molecule has 0 N–H and O–H groups in total. The zero-order chi connectivity index (χ0) is 7.40. The number of aromatic nitrogens is 2. The van der Waals surface area contributed by atoms with Crippen LogP contribution in [0.4, 0.5) is 0 Å². The molecule has 0 atom stereocenters. The van der Waals surface area contributed by atoms with Crippen LogP contribution in [0.2, 0.25) is 0 Å². The van der Waals surface area contributed by atoms with Gasteiger partial charge in [-0.1, -0.05) is 23.2 Å². The Balaban J connectivity index is 2.59. The number of halogens is 2. The van der Waals surface area contributed by atoms with Crippen LogP contribution >= 0.6 is 23.2 Å². The number of hydrogen-bond acceptors (Lipinski definition) is 3. The first kappa shape index (κ1) is 7.57. The lowest BCUT2D eigenvalue weighted by Gasteiger charge is -2.00. The molecule has 1 heterocycles. The Kier molecular flexibility index (Phi) is 2.71. The van der Waals surface area contributed by atoms with Crippen molar-refractivity contribution in [2.75, 3.05) is 0 Å². The molecule has 1 aromatic rings. The lowest BCUT2D eigenvalue weighted by molar-refractivity contribution is 0.324. The molecule has 0 saturated carbocycles. The molecule has 0 aliphatic heterocycles. The van der Waals surface area contributed by atoms with E-state index in [2.05, 4.69) is 9.97 Å². The van der Waals surface area contributed by atoms with Crippen molar-refractivity contribution >= 4 is 23.2 Å². The molecule has 10 heavy (non-hydrogen) atoms. The van der Waals surface area contributed by atoms with Gasteiger partial charge >= 0.3 is 6.01 Å². The van der Waals surface area contributed by atoms with Crippen LogP contribution < -0.4 is 4.74 Å². The van der Waals surface area contributed by atoms with Gasteiger partial charge in [0.25, 0.3) is 5.02 Å². The van der Waals surface area contributed by atoms with Gasteiger partial charge < -0.3 is 4.74 Å². The lowest BCUT2D eigenvalue weighted by atomic mass is 10.7. The minimum absolute atomic E-state index is 0.178. The topological polar surface area (TPSA) is 35.0 Å². The smallest absolute Gasteiger partial charge is 0.318 e. The fraction of sp³-hybridized carbons (Fsp3) is 0.200. The fourth-order valence-electron chi connectivity index (χ4n) is 0.426. The largest absolute Gasteiger partial charge is 0.429 e. The van der Waals surface area contributed by atoms with Crippen molar-refractivity contribution in [1.82, 2.24) is 9.97 Å². The van der Waals surface area contributed by atoms with Gasteiger partial charge in [0.2, 0.25) is 0 Å². The molecular formula is C5H4Cl2N2O. The molecule has 0 fully saturated rings. The van der Waals surface area contributed by atoms with Crippen molar-refractivity contribution in [3.05, 3.63) is 18.5 Å². The Morgan fingerprint density at radius 2 is 1.90 bits per heavy atom. The first-order chi connectivity index (χ1) is 4.79. The highest BCUT2D eigenvalue weighted by atomic mass is 35.5. The molecular weight excluding hydrogens is 175 g/mol. The molecule has 0 aromatic carbocycles. The van der Waals surface area contributed by atoms with E-state index in [1.54, 1.807) is 18.5 Å². The number of hydrogen-bond donors (Lipinski definition) is 0. The number of alkyl halides is 2. The summed E-state index contributed by atoms with van der Waals surface area (Å²) in [6.07, 6.45) is 3.08. The van der Waals surface area contributed by atoms with Gasteiger partial charge in [-0.2, -0.15) is 0 Å². The van der Waals surface area contributed by atoms with E-state index in [1.165, 1.54) is 0 Å². The van der Waals surface area contributed by atoms with Gasteiger partial charge in [0.15, 0.2) is 0 Å². The van der Waals surface area contributed by atoms with Crippen LogP contribution in [0.5, 0.6) is 6.01 Å². The number of ether oxygens (including phenoxy) is 1. The maximum atomic E-state index is 5.28. The molecule has 0 bridgehead atoms. The van der Waals surface area contributed by atoms with Crippen molar-refractivity contribution < 1.29 is 4.74 Å². The molecule has 1 rings (SSSR count). The van der Waals surface area contributed by atoms with Gasteiger partial charge in [0.05, 0.1) is 0 Å². The van der Waals surface area contributed by atoms with Gasteiger partial charge in [-0.3, -0.25) is 0 Å². The average Bonchev–Trinajstić information content (AvgIpc) is 1.88. The van der Waals surface area contributed by atoms with Crippen LogP contribution in [0.25, 0.3) is 0 Å². The van der Waals surface area contributed by atoms with Crippen molar-refractivity contribution in [3.63, 3.8) is 0 Å². The summed E-state index contributed by atoms with van der Waals surface area (Å²) in [5.74, 6) is 0. The molecule has 0 radical (unpaired) electrons. The predicted molar refractivity (Wildman–Crippen MR) is 38.2 cm³/mol. The highest BCUT2D eigenvalue weighted by Crippen LogP contribution is 2.07. The minimum Gasteiger partial charge on any atom is -0.429 e. The fourth-order valence-corrected chi connectivity index (χ4v) is 0.585. The molecule has 5 heteroatoms. The van der Waals surface area contributed by atoms with E-state index in [9.17, 15) is 0 Å². The molecule has 54 valence electrons. The van der Waals surface area contributed by atoms with Crippen LogP contribution in [0.3, 0.4) is 0 Å². The van der Waals surface area contributed by atoms with Gasteiger partial charge in [-0.25, -0.2) is 9.97 Å². The second-order valence-corrected chi connectivity index (χ2v) is 2.43. The summed E-state index contributed by atoms with van der Waals surface area (Å²) in [6.45, 7) is 0. The van der Waals surface area contributed by atoms with E-state index >= 15 is 0 Å². The summed E-state index contributed by atoms with van der Waals surface area (Å²) >= 11 is 10.6. The summed E-state index contributed by atoms with van der Waals surface area (Å²) in [4.78, 5) is 7.43. The van der Waals surface area contributed by atoms with Crippen molar-refractivity contribution in [1.29, 1.82) is 0 Å². The average molecular weight is 179 g/mol. The van der Waals surface area contributed by atoms with E-state index in [1.807, 2.05) is 0 Å². The predicted octanol–water partition coefficient (Wildman–Crippen LogP) is 1.62. The summed E-state index contributed by atoms with van der Waals surface area (Å²) in [6, 6.07) is 1.85. The third-order valence-electron chi connectivity index (χ3n) is 0.737. The molecule has 0 spiro atoms. The molecule has 3 nitrogen and oxygen atoms in total. The molecule has 0 aliphatic rings. The Morgan fingerprint density at radius 1 is 1.30 bits per heavy atom. The van der Waals surface area contributed by atoms with Gasteiger partial charge in [-0.15, -0.1) is 0 Å². The van der Waals surface area contributed by atoms with E-state index < -0.39 is 5.02 Å². The number of nitrogens with zero attached hydrogens (tertiary/aromatic N) is 2. The molecule has 0 saturated heterocycles. The van der Waals surface area contributed by atoms with E-state index in [0.29, 0.717) is 0 Å². The zero-order valence-electron chi connectivity index (χ0n) is 4.87. The second kappa shape index (κ2) is 3.58. The lowest BCUT2D eigenvalue weighted by Crippen LogP contribution is -2.02. The summed E-state index contributed by atoms with van der Waals surface area (Å²) < 4.78 is 4.72. The minimum atomic E-state index is -0.914. The van der Waals surface area contributed by atoms with E-state index in [4.69, 9.17) is 27.9 Å².